The van der Waals surface area contributed by atoms with Crippen molar-refractivity contribution in [1.82, 2.24) is 5.32 Å². The van der Waals surface area contributed by atoms with E-state index in [4.69, 9.17) is 6.42 Å². The van der Waals surface area contributed by atoms with Gasteiger partial charge in [-0.1, -0.05) is 6.42 Å². The average molecular weight is 135 g/mol. The summed E-state index contributed by atoms with van der Waals surface area (Å²) in [5.41, 5.74) is 0. The zero-order valence-electron chi connectivity index (χ0n) is 6.14. The Morgan fingerprint density at radius 1 is 1.40 bits per heavy atom. The summed E-state index contributed by atoms with van der Waals surface area (Å²) in [7, 11) is 0. The van der Waals surface area contributed by atoms with Crippen molar-refractivity contribution in [2.75, 3.05) is 6.54 Å². The van der Waals surface area contributed by atoms with Gasteiger partial charge in [0, 0.05) is 12.0 Å². The number of terminal acetylenes is 1. The molecular formula is C9H13N. The van der Waals surface area contributed by atoms with Crippen LogP contribution >= 0.6 is 0 Å². The number of hydrogen-bond donors (Lipinski definition) is 1. The Morgan fingerprint density at radius 3 is 2.90 bits per heavy atom. The molecule has 0 spiro atoms. The SMILES string of the molecule is C#CC1C2CCCC1NC2. The van der Waals surface area contributed by atoms with Crippen LogP contribution in [0.15, 0.2) is 0 Å². The Bertz CT molecular complexity index is 152. The first-order valence-electron chi connectivity index (χ1n) is 4.11. The fraction of sp³-hybridized carbons (Fsp3) is 0.778. The van der Waals surface area contributed by atoms with E-state index in [1.165, 1.54) is 25.8 Å². The first-order valence-corrected chi connectivity index (χ1v) is 4.11. The van der Waals surface area contributed by atoms with Gasteiger partial charge in [0.2, 0.25) is 0 Å². The van der Waals surface area contributed by atoms with Crippen molar-refractivity contribution in [1.29, 1.82) is 0 Å². The molecule has 2 bridgehead atoms. The number of fused-ring (bicyclic) bond motifs is 2. The fourth-order valence-electron chi connectivity index (χ4n) is 2.30. The number of hydrogen-bond acceptors (Lipinski definition) is 1. The molecule has 0 radical (unpaired) electrons. The zero-order valence-corrected chi connectivity index (χ0v) is 6.14. The van der Waals surface area contributed by atoms with E-state index in [9.17, 15) is 0 Å². The minimum Gasteiger partial charge on any atom is -0.312 e. The summed E-state index contributed by atoms with van der Waals surface area (Å²) in [6, 6.07) is 0.656. The summed E-state index contributed by atoms with van der Waals surface area (Å²) >= 11 is 0. The number of nitrogens with one attached hydrogen (secondary N) is 1. The van der Waals surface area contributed by atoms with Crippen molar-refractivity contribution < 1.29 is 0 Å². The maximum Gasteiger partial charge on any atom is 0.0393 e. The lowest BCUT2D eigenvalue weighted by Gasteiger charge is -2.24. The van der Waals surface area contributed by atoms with Crippen LogP contribution in [-0.4, -0.2) is 12.6 Å². The van der Waals surface area contributed by atoms with Crippen LogP contribution in [-0.2, 0) is 0 Å². The molecule has 2 rings (SSSR count). The predicted octanol–water partition coefficient (Wildman–Crippen LogP) is 1.01. The molecule has 3 unspecified atom stereocenters. The standard InChI is InChI=1S/C9H13N/c1-2-8-7-4-3-5-9(8)10-6-7/h1,7-10H,3-6H2. The lowest BCUT2D eigenvalue weighted by atomic mass is 9.80. The van der Waals surface area contributed by atoms with E-state index in [1.807, 2.05) is 0 Å². The van der Waals surface area contributed by atoms with Gasteiger partial charge in [-0.2, -0.15) is 0 Å². The topological polar surface area (TPSA) is 12.0 Å². The highest BCUT2D eigenvalue weighted by molar-refractivity contribution is 5.08. The molecule has 10 heavy (non-hydrogen) atoms. The molecule has 54 valence electrons. The van der Waals surface area contributed by atoms with Crippen LogP contribution in [0.4, 0.5) is 0 Å². The van der Waals surface area contributed by atoms with E-state index >= 15 is 0 Å². The van der Waals surface area contributed by atoms with Crippen molar-refractivity contribution in [3.8, 4) is 12.3 Å². The molecule has 1 saturated heterocycles. The highest BCUT2D eigenvalue weighted by atomic mass is 15.0. The summed E-state index contributed by atoms with van der Waals surface area (Å²) < 4.78 is 0. The van der Waals surface area contributed by atoms with Gasteiger partial charge in [-0.3, -0.25) is 0 Å². The quantitative estimate of drug-likeness (QED) is 0.489. The maximum atomic E-state index is 5.43. The molecule has 1 saturated carbocycles. The summed E-state index contributed by atoms with van der Waals surface area (Å²) in [6.07, 6.45) is 9.45. The largest absolute Gasteiger partial charge is 0.312 e. The molecule has 0 aromatic rings. The first kappa shape index (κ1) is 6.24. The molecule has 2 fully saturated rings. The minimum atomic E-state index is 0.550. The van der Waals surface area contributed by atoms with Crippen LogP contribution in [0, 0.1) is 24.2 Å². The molecule has 1 aliphatic carbocycles. The van der Waals surface area contributed by atoms with Crippen molar-refractivity contribution in [3.63, 3.8) is 0 Å². The summed E-state index contributed by atoms with van der Waals surface area (Å²) in [6.45, 7) is 1.17. The van der Waals surface area contributed by atoms with Crippen LogP contribution in [0.25, 0.3) is 0 Å². The molecule has 0 amide bonds. The second-order valence-corrected chi connectivity index (χ2v) is 3.40. The lowest BCUT2D eigenvalue weighted by molar-refractivity contribution is 0.339. The van der Waals surface area contributed by atoms with E-state index in [2.05, 4.69) is 11.2 Å². The van der Waals surface area contributed by atoms with E-state index in [-0.39, 0.29) is 0 Å². The van der Waals surface area contributed by atoms with Crippen LogP contribution in [0.2, 0.25) is 0 Å². The first-order chi connectivity index (χ1) is 4.92. The monoisotopic (exact) mass is 135 g/mol. The van der Waals surface area contributed by atoms with E-state index in [1.54, 1.807) is 0 Å². The molecule has 1 nitrogen and oxygen atoms in total. The fourth-order valence-corrected chi connectivity index (χ4v) is 2.30. The maximum absolute atomic E-state index is 5.43. The summed E-state index contributed by atoms with van der Waals surface area (Å²) in [5.74, 6) is 4.25. The van der Waals surface area contributed by atoms with Gasteiger partial charge >= 0.3 is 0 Å². The molecule has 1 N–H and O–H groups in total. The van der Waals surface area contributed by atoms with Crippen molar-refractivity contribution >= 4 is 0 Å². The molecule has 1 aliphatic heterocycles. The van der Waals surface area contributed by atoms with Crippen LogP contribution in [0.5, 0.6) is 0 Å². The van der Waals surface area contributed by atoms with Crippen molar-refractivity contribution in [2.24, 2.45) is 11.8 Å². The Morgan fingerprint density at radius 2 is 2.30 bits per heavy atom. The highest BCUT2D eigenvalue weighted by Crippen LogP contribution is 2.33. The molecule has 1 heterocycles. The van der Waals surface area contributed by atoms with Crippen LogP contribution in [0.1, 0.15) is 19.3 Å². The molecule has 0 aromatic heterocycles. The number of rotatable bonds is 0. The lowest BCUT2D eigenvalue weighted by Crippen LogP contribution is -2.28. The molecule has 2 aliphatic rings. The summed E-state index contributed by atoms with van der Waals surface area (Å²) in [5, 5.41) is 3.48. The summed E-state index contributed by atoms with van der Waals surface area (Å²) in [4.78, 5) is 0. The van der Waals surface area contributed by atoms with Gasteiger partial charge in [0.15, 0.2) is 0 Å². The Labute approximate surface area is 62.2 Å². The Hall–Kier alpha value is -0.480. The highest BCUT2D eigenvalue weighted by Gasteiger charge is 2.37. The third-order valence-corrected chi connectivity index (χ3v) is 2.87. The van der Waals surface area contributed by atoms with E-state index in [0.717, 1.165) is 5.92 Å². The van der Waals surface area contributed by atoms with E-state index in [0.29, 0.717) is 12.0 Å². The zero-order chi connectivity index (χ0) is 6.97. The van der Waals surface area contributed by atoms with Gasteiger partial charge in [0.05, 0.1) is 0 Å². The van der Waals surface area contributed by atoms with Crippen LogP contribution < -0.4 is 5.32 Å². The van der Waals surface area contributed by atoms with Gasteiger partial charge in [0.1, 0.15) is 0 Å². The molecule has 0 aromatic carbocycles. The van der Waals surface area contributed by atoms with Gasteiger partial charge in [-0.05, 0) is 25.3 Å². The normalized spacial score (nSPS) is 44.9. The van der Waals surface area contributed by atoms with Crippen molar-refractivity contribution in [2.45, 2.75) is 25.3 Å². The third kappa shape index (κ3) is 0.759. The van der Waals surface area contributed by atoms with Gasteiger partial charge in [-0.25, -0.2) is 0 Å². The Kier molecular flexibility index (Phi) is 1.43. The second-order valence-electron chi connectivity index (χ2n) is 3.40. The smallest absolute Gasteiger partial charge is 0.0393 e. The van der Waals surface area contributed by atoms with Gasteiger partial charge in [-0.15, -0.1) is 12.3 Å². The minimum absolute atomic E-state index is 0.550. The van der Waals surface area contributed by atoms with Gasteiger partial charge < -0.3 is 5.32 Å². The second kappa shape index (κ2) is 2.29. The van der Waals surface area contributed by atoms with Crippen LogP contribution in [0.3, 0.4) is 0 Å². The predicted molar refractivity (Wildman–Crippen MR) is 41.5 cm³/mol. The van der Waals surface area contributed by atoms with Crippen molar-refractivity contribution in [3.05, 3.63) is 0 Å². The Balaban J connectivity index is 2.15. The third-order valence-electron chi connectivity index (χ3n) is 2.87. The van der Waals surface area contributed by atoms with Gasteiger partial charge in [0.25, 0.3) is 0 Å². The average Bonchev–Trinajstić information content (AvgIpc) is 2.19. The van der Waals surface area contributed by atoms with E-state index < -0.39 is 0 Å². The molecule has 1 heteroatoms. The molecule has 3 atom stereocenters. The molecular weight excluding hydrogens is 122 g/mol.